The van der Waals surface area contributed by atoms with Crippen LogP contribution >= 0.6 is 12.2 Å². The van der Waals surface area contributed by atoms with Crippen LogP contribution in [0, 0.1) is 0 Å². The Morgan fingerprint density at radius 2 is 1.38 bits per heavy atom. The first-order chi connectivity index (χ1) is 18.1. The second-order valence-corrected chi connectivity index (χ2v) is 8.17. The van der Waals surface area contributed by atoms with Crippen LogP contribution < -0.4 is 30.4 Å². The molecule has 188 valence electrons. The summed E-state index contributed by atoms with van der Waals surface area (Å²) in [7, 11) is 0. The summed E-state index contributed by atoms with van der Waals surface area (Å²) in [5, 5.41) is 4.53. The molecule has 0 bridgehead atoms. The molecule has 0 radical (unpaired) electrons. The van der Waals surface area contributed by atoms with Gasteiger partial charge in [0.2, 0.25) is 0 Å². The predicted molar refractivity (Wildman–Crippen MR) is 145 cm³/mol. The van der Waals surface area contributed by atoms with E-state index in [1.807, 2.05) is 66.7 Å². The van der Waals surface area contributed by atoms with Crippen LogP contribution in [0.1, 0.15) is 10.4 Å². The summed E-state index contributed by atoms with van der Waals surface area (Å²) in [6, 6.07) is 29.6. The van der Waals surface area contributed by atoms with E-state index in [-0.39, 0.29) is 23.9 Å². The number of fused-ring (bicyclic) bond motifs is 1. The second-order valence-electron chi connectivity index (χ2n) is 7.76. The lowest BCUT2D eigenvalue weighted by atomic mass is 10.1. The number of amides is 2. The van der Waals surface area contributed by atoms with Gasteiger partial charge in [-0.1, -0.05) is 60.7 Å². The highest BCUT2D eigenvalue weighted by molar-refractivity contribution is 7.80. The van der Waals surface area contributed by atoms with Crippen LogP contribution in [0.25, 0.3) is 10.8 Å². The molecule has 0 atom stereocenters. The van der Waals surface area contributed by atoms with Gasteiger partial charge in [-0.05, 0) is 59.4 Å². The van der Waals surface area contributed by atoms with Gasteiger partial charge < -0.3 is 14.2 Å². The molecule has 3 N–H and O–H groups in total. The summed E-state index contributed by atoms with van der Waals surface area (Å²) in [6.07, 6.45) is 0. The number of carbonyl (C=O) groups excluding carboxylic acids is 2. The van der Waals surface area contributed by atoms with Crippen molar-refractivity contribution in [3.8, 4) is 17.2 Å². The number of hydrazine groups is 1. The van der Waals surface area contributed by atoms with Crippen molar-refractivity contribution in [3.05, 3.63) is 103 Å². The Kier molecular flexibility index (Phi) is 8.87. The first-order valence-corrected chi connectivity index (χ1v) is 11.9. The summed E-state index contributed by atoms with van der Waals surface area (Å²) in [6.45, 7) is 0.325. The van der Waals surface area contributed by atoms with E-state index < -0.39 is 11.8 Å². The Hall–Kier alpha value is -4.63. The minimum absolute atomic E-state index is 0.0775. The van der Waals surface area contributed by atoms with E-state index in [0.29, 0.717) is 18.1 Å². The normalized spacial score (nSPS) is 10.3. The number of hydrogen-bond acceptors (Lipinski definition) is 6. The van der Waals surface area contributed by atoms with Gasteiger partial charge >= 0.3 is 0 Å². The van der Waals surface area contributed by atoms with Crippen molar-refractivity contribution in [1.29, 1.82) is 0 Å². The Morgan fingerprint density at radius 1 is 0.676 bits per heavy atom. The Morgan fingerprint density at radius 3 is 2.22 bits per heavy atom. The standard InChI is InChI=1S/C28H25N3O5S/c32-26(19-36-23-15-14-20-8-4-5-9-21(20)18-23)30-31-28(37)29-27(33)24-12-6-7-13-25(24)35-17-16-34-22-10-2-1-3-11-22/h1-15,18H,16-17,19H2,(H,30,32)(H2,29,31,33,37). The fourth-order valence-electron chi connectivity index (χ4n) is 3.38. The molecule has 4 aromatic rings. The molecular formula is C28H25N3O5S. The smallest absolute Gasteiger partial charge is 0.276 e. The molecule has 9 heteroatoms. The van der Waals surface area contributed by atoms with Gasteiger partial charge in [0, 0.05) is 0 Å². The van der Waals surface area contributed by atoms with E-state index in [2.05, 4.69) is 16.2 Å². The highest BCUT2D eigenvalue weighted by atomic mass is 32.1. The molecule has 37 heavy (non-hydrogen) atoms. The average molecular weight is 516 g/mol. The van der Waals surface area contributed by atoms with Gasteiger partial charge in [0.15, 0.2) is 11.7 Å². The van der Waals surface area contributed by atoms with Gasteiger partial charge in [0.05, 0.1) is 5.56 Å². The van der Waals surface area contributed by atoms with Crippen molar-refractivity contribution >= 4 is 39.9 Å². The molecule has 0 spiro atoms. The number of carbonyl (C=O) groups is 2. The maximum atomic E-state index is 12.7. The Labute approximate surface area is 219 Å². The lowest BCUT2D eigenvalue weighted by Crippen LogP contribution is -2.49. The van der Waals surface area contributed by atoms with Crippen LogP contribution in [0.5, 0.6) is 17.2 Å². The zero-order chi connectivity index (χ0) is 25.9. The van der Waals surface area contributed by atoms with E-state index in [9.17, 15) is 9.59 Å². The molecule has 0 aliphatic heterocycles. The second kappa shape index (κ2) is 12.9. The molecule has 0 fully saturated rings. The maximum absolute atomic E-state index is 12.7. The Bertz CT molecular complexity index is 1380. The zero-order valence-electron chi connectivity index (χ0n) is 19.8. The Balaban J connectivity index is 1.20. The third-order valence-corrected chi connectivity index (χ3v) is 5.32. The largest absolute Gasteiger partial charge is 0.490 e. The van der Waals surface area contributed by atoms with E-state index >= 15 is 0 Å². The number of thiocarbonyl (C=S) groups is 1. The van der Waals surface area contributed by atoms with Gasteiger partial charge in [0.1, 0.15) is 30.5 Å². The molecule has 4 rings (SSSR count). The van der Waals surface area contributed by atoms with Crippen molar-refractivity contribution in [2.45, 2.75) is 0 Å². The molecule has 0 aliphatic carbocycles. The van der Waals surface area contributed by atoms with E-state index in [0.717, 1.165) is 16.5 Å². The quantitative estimate of drug-likeness (QED) is 0.176. The molecule has 8 nitrogen and oxygen atoms in total. The molecular weight excluding hydrogens is 490 g/mol. The lowest BCUT2D eigenvalue weighted by molar-refractivity contribution is -0.123. The van der Waals surface area contributed by atoms with Gasteiger partial charge in [-0.3, -0.25) is 25.8 Å². The fraction of sp³-hybridized carbons (Fsp3) is 0.107. The van der Waals surface area contributed by atoms with Gasteiger partial charge in [0.25, 0.3) is 11.8 Å². The van der Waals surface area contributed by atoms with Crippen LogP contribution in [0.3, 0.4) is 0 Å². The van der Waals surface area contributed by atoms with E-state index in [1.54, 1.807) is 30.3 Å². The van der Waals surface area contributed by atoms with Crippen LogP contribution in [0.15, 0.2) is 97.1 Å². The number of benzene rings is 4. The van der Waals surface area contributed by atoms with Gasteiger partial charge in [-0.25, -0.2) is 0 Å². The number of para-hydroxylation sites is 2. The topological polar surface area (TPSA) is 97.9 Å². The number of nitrogens with one attached hydrogen (secondary N) is 3. The van der Waals surface area contributed by atoms with E-state index in [4.69, 9.17) is 26.4 Å². The molecule has 2 amide bonds. The first-order valence-electron chi connectivity index (χ1n) is 11.5. The molecule has 0 aromatic heterocycles. The minimum Gasteiger partial charge on any atom is -0.490 e. The third-order valence-electron chi connectivity index (χ3n) is 5.12. The SMILES string of the molecule is O=C(COc1ccc2ccccc2c1)NNC(=S)NC(=O)c1ccccc1OCCOc1ccccc1. The summed E-state index contributed by atoms with van der Waals surface area (Å²) in [5.41, 5.74) is 5.19. The number of hydrogen-bond donors (Lipinski definition) is 3. The minimum atomic E-state index is -0.487. The van der Waals surface area contributed by atoms with Crippen molar-refractivity contribution in [2.75, 3.05) is 19.8 Å². The average Bonchev–Trinajstić information content (AvgIpc) is 2.93. The third kappa shape index (κ3) is 7.68. The summed E-state index contributed by atoms with van der Waals surface area (Å²) in [4.78, 5) is 24.8. The molecule has 0 saturated heterocycles. The molecule has 0 unspecified atom stereocenters. The molecule has 0 saturated carbocycles. The zero-order valence-corrected chi connectivity index (χ0v) is 20.6. The van der Waals surface area contributed by atoms with Gasteiger partial charge in [-0.2, -0.15) is 0 Å². The van der Waals surface area contributed by atoms with Crippen LogP contribution in [0.2, 0.25) is 0 Å². The van der Waals surface area contributed by atoms with Crippen molar-refractivity contribution in [3.63, 3.8) is 0 Å². The summed E-state index contributed by atoms with van der Waals surface area (Å²) < 4.78 is 16.9. The van der Waals surface area contributed by atoms with Crippen molar-refractivity contribution in [1.82, 2.24) is 16.2 Å². The summed E-state index contributed by atoms with van der Waals surface area (Å²) >= 11 is 5.12. The van der Waals surface area contributed by atoms with Crippen molar-refractivity contribution < 1.29 is 23.8 Å². The monoisotopic (exact) mass is 515 g/mol. The van der Waals surface area contributed by atoms with Crippen LogP contribution in [0.4, 0.5) is 0 Å². The van der Waals surface area contributed by atoms with Crippen LogP contribution in [-0.2, 0) is 4.79 Å². The summed E-state index contributed by atoms with van der Waals surface area (Å²) in [5.74, 6) is 0.728. The van der Waals surface area contributed by atoms with Crippen molar-refractivity contribution in [2.24, 2.45) is 0 Å². The first kappa shape index (κ1) is 25.5. The highest BCUT2D eigenvalue weighted by Crippen LogP contribution is 2.20. The fourth-order valence-corrected chi connectivity index (χ4v) is 3.52. The highest BCUT2D eigenvalue weighted by Gasteiger charge is 2.14. The molecule has 0 heterocycles. The number of rotatable bonds is 9. The molecule has 4 aromatic carbocycles. The maximum Gasteiger partial charge on any atom is 0.276 e. The lowest BCUT2D eigenvalue weighted by Gasteiger charge is -2.14. The molecule has 0 aliphatic rings. The number of ether oxygens (including phenoxy) is 3. The van der Waals surface area contributed by atoms with Gasteiger partial charge in [-0.15, -0.1) is 0 Å². The van der Waals surface area contributed by atoms with Crippen LogP contribution in [-0.4, -0.2) is 36.7 Å². The van der Waals surface area contributed by atoms with E-state index in [1.165, 1.54) is 0 Å². The predicted octanol–water partition coefficient (Wildman–Crippen LogP) is 4.01.